The molecule has 0 aliphatic carbocycles. The Morgan fingerprint density at radius 3 is 2.34 bits per heavy atom. The van der Waals surface area contributed by atoms with Gasteiger partial charge in [-0.05, 0) is 70.9 Å². The molecule has 0 N–H and O–H groups in total. The molecule has 0 spiro atoms. The maximum Gasteiger partial charge on any atom is 0.293 e. The zero-order valence-corrected chi connectivity index (χ0v) is 20.0. The molecular formula is C25H19ClN2O6S. The third-order valence-electron chi connectivity index (χ3n) is 5.15. The number of hydrogen-bond donors (Lipinski definition) is 0. The van der Waals surface area contributed by atoms with Crippen LogP contribution in [0, 0.1) is 10.1 Å². The molecule has 0 saturated carbocycles. The largest absolute Gasteiger partial charge is 0.493 e. The number of ether oxygens (including phenoxy) is 2. The zero-order valence-electron chi connectivity index (χ0n) is 18.5. The Kier molecular flexibility index (Phi) is 7.38. The van der Waals surface area contributed by atoms with Crippen LogP contribution in [0.5, 0.6) is 11.5 Å². The van der Waals surface area contributed by atoms with Crippen LogP contribution in [0.3, 0.4) is 0 Å². The van der Waals surface area contributed by atoms with Crippen LogP contribution < -0.4 is 9.47 Å². The number of imide groups is 1. The summed E-state index contributed by atoms with van der Waals surface area (Å²) in [7, 11) is 1.51. The van der Waals surface area contributed by atoms with E-state index in [0.29, 0.717) is 27.0 Å². The van der Waals surface area contributed by atoms with Gasteiger partial charge >= 0.3 is 0 Å². The molecule has 0 radical (unpaired) electrons. The van der Waals surface area contributed by atoms with Gasteiger partial charge in [-0.25, -0.2) is 0 Å². The Labute approximate surface area is 210 Å². The Bertz CT molecular complexity index is 1310. The molecule has 3 aromatic carbocycles. The molecule has 1 aliphatic heterocycles. The van der Waals surface area contributed by atoms with Crippen molar-refractivity contribution >= 4 is 46.3 Å². The fourth-order valence-electron chi connectivity index (χ4n) is 3.33. The zero-order chi connectivity index (χ0) is 24.9. The van der Waals surface area contributed by atoms with Crippen molar-refractivity contribution in [2.75, 3.05) is 7.11 Å². The lowest BCUT2D eigenvalue weighted by molar-refractivity contribution is -0.384. The first-order valence-electron chi connectivity index (χ1n) is 10.4. The van der Waals surface area contributed by atoms with Crippen molar-refractivity contribution in [2.45, 2.75) is 13.2 Å². The van der Waals surface area contributed by atoms with Crippen LogP contribution in [-0.4, -0.2) is 28.1 Å². The lowest BCUT2D eigenvalue weighted by Crippen LogP contribution is -2.27. The monoisotopic (exact) mass is 510 g/mol. The Morgan fingerprint density at radius 1 is 1.00 bits per heavy atom. The summed E-state index contributed by atoms with van der Waals surface area (Å²) in [6.07, 6.45) is 1.63. The van der Waals surface area contributed by atoms with Gasteiger partial charge in [0, 0.05) is 17.2 Å². The van der Waals surface area contributed by atoms with Gasteiger partial charge in [0.1, 0.15) is 6.61 Å². The average Bonchev–Trinajstić information content (AvgIpc) is 3.11. The van der Waals surface area contributed by atoms with Crippen molar-refractivity contribution in [2.24, 2.45) is 0 Å². The second kappa shape index (κ2) is 10.6. The first-order chi connectivity index (χ1) is 16.8. The number of non-ortho nitro benzene ring substituents is 1. The van der Waals surface area contributed by atoms with Gasteiger partial charge in [-0.1, -0.05) is 29.8 Å². The molecule has 0 atom stereocenters. The molecule has 8 nitrogen and oxygen atoms in total. The summed E-state index contributed by atoms with van der Waals surface area (Å²) in [6.45, 7) is 0.320. The van der Waals surface area contributed by atoms with E-state index >= 15 is 0 Å². The number of carbonyl (C=O) groups is 2. The highest BCUT2D eigenvalue weighted by Gasteiger charge is 2.35. The molecule has 1 aliphatic rings. The summed E-state index contributed by atoms with van der Waals surface area (Å²) >= 11 is 6.78. The summed E-state index contributed by atoms with van der Waals surface area (Å²) in [6, 6.07) is 18.2. The molecule has 0 unspecified atom stereocenters. The van der Waals surface area contributed by atoms with Crippen molar-refractivity contribution in [1.82, 2.24) is 4.90 Å². The van der Waals surface area contributed by atoms with Crippen molar-refractivity contribution in [3.05, 3.63) is 103 Å². The van der Waals surface area contributed by atoms with Gasteiger partial charge in [-0.2, -0.15) is 0 Å². The molecule has 10 heteroatoms. The number of hydrogen-bond acceptors (Lipinski definition) is 7. The molecule has 3 aromatic rings. The SMILES string of the molecule is COc1ccc(/C=C2\SC(=O)N(Cc3ccc(Cl)cc3)C2=O)cc1OCc1ccc([N+](=O)[O-])cc1. The summed E-state index contributed by atoms with van der Waals surface area (Å²) in [5.41, 5.74) is 2.19. The molecule has 0 bridgehead atoms. The highest BCUT2D eigenvalue weighted by atomic mass is 35.5. The molecule has 178 valence electrons. The second-order valence-corrected chi connectivity index (χ2v) is 8.95. The predicted octanol–water partition coefficient (Wildman–Crippen LogP) is 6.07. The maximum atomic E-state index is 12.9. The molecule has 35 heavy (non-hydrogen) atoms. The van der Waals surface area contributed by atoms with Gasteiger partial charge < -0.3 is 9.47 Å². The van der Waals surface area contributed by atoms with Crippen LogP contribution in [0.15, 0.2) is 71.6 Å². The van der Waals surface area contributed by atoms with Crippen LogP contribution in [0.1, 0.15) is 16.7 Å². The van der Waals surface area contributed by atoms with Gasteiger partial charge in [0.25, 0.3) is 16.8 Å². The fraction of sp³-hybridized carbons (Fsp3) is 0.120. The van der Waals surface area contributed by atoms with Gasteiger partial charge in [-0.15, -0.1) is 0 Å². The third-order valence-corrected chi connectivity index (χ3v) is 6.31. The van der Waals surface area contributed by atoms with Crippen molar-refractivity contribution < 1.29 is 24.0 Å². The van der Waals surface area contributed by atoms with Crippen molar-refractivity contribution in [3.63, 3.8) is 0 Å². The lowest BCUT2D eigenvalue weighted by atomic mass is 10.1. The topological polar surface area (TPSA) is 99.0 Å². The van der Waals surface area contributed by atoms with E-state index in [4.69, 9.17) is 21.1 Å². The van der Waals surface area contributed by atoms with Crippen LogP contribution in [0.25, 0.3) is 6.08 Å². The van der Waals surface area contributed by atoms with E-state index in [1.807, 2.05) is 0 Å². The average molecular weight is 511 g/mol. The van der Waals surface area contributed by atoms with E-state index in [2.05, 4.69) is 0 Å². The normalized spacial score (nSPS) is 14.5. The number of benzene rings is 3. The first kappa shape index (κ1) is 24.3. The van der Waals surface area contributed by atoms with Gasteiger partial charge in [-0.3, -0.25) is 24.6 Å². The van der Waals surface area contributed by atoms with E-state index in [1.165, 1.54) is 24.1 Å². The number of methoxy groups -OCH3 is 1. The summed E-state index contributed by atoms with van der Waals surface area (Å²) < 4.78 is 11.2. The molecule has 1 heterocycles. The smallest absolute Gasteiger partial charge is 0.293 e. The number of nitro benzene ring substituents is 1. The third kappa shape index (κ3) is 5.82. The maximum absolute atomic E-state index is 12.9. The lowest BCUT2D eigenvalue weighted by Gasteiger charge is -2.13. The Balaban J connectivity index is 1.49. The number of nitro groups is 1. The standard InChI is InChI=1S/C25H19ClN2O6S/c1-33-21-11-6-18(12-22(21)34-15-17-4-9-20(10-5-17)28(31)32)13-23-24(29)27(25(30)35-23)14-16-2-7-19(26)8-3-16/h2-13H,14-15H2,1H3/b23-13-. The molecule has 1 fully saturated rings. The fourth-order valence-corrected chi connectivity index (χ4v) is 4.30. The second-order valence-electron chi connectivity index (χ2n) is 7.52. The van der Waals surface area contributed by atoms with E-state index in [-0.39, 0.29) is 30.0 Å². The summed E-state index contributed by atoms with van der Waals surface area (Å²) in [5, 5.41) is 11.0. The number of nitrogens with zero attached hydrogens (tertiary/aromatic N) is 2. The number of halogens is 1. The van der Waals surface area contributed by atoms with Gasteiger partial charge in [0.2, 0.25) is 0 Å². The van der Waals surface area contributed by atoms with Crippen molar-refractivity contribution in [3.8, 4) is 11.5 Å². The Hall–Kier alpha value is -3.82. The number of amides is 2. The minimum absolute atomic E-state index is 0.00154. The summed E-state index contributed by atoms with van der Waals surface area (Å²) in [4.78, 5) is 37.2. The van der Waals surface area contributed by atoms with Gasteiger partial charge in [0.15, 0.2) is 11.5 Å². The molecule has 1 saturated heterocycles. The number of thioether (sulfide) groups is 1. The minimum atomic E-state index is -0.464. The van der Waals surface area contributed by atoms with E-state index in [0.717, 1.165) is 22.9 Å². The molecule has 4 rings (SSSR count). The van der Waals surface area contributed by atoms with Crippen LogP contribution in [0.4, 0.5) is 10.5 Å². The minimum Gasteiger partial charge on any atom is -0.493 e. The molecular weight excluding hydrogens is 492 g/mol. The summed E-state index contributed by atoms with van der Waals surface area (Å²) in [5.74, 6) is 0.541. The first-order valence-corrected chi connectivity index (χ1v) is 11.6. The van der Waals surface area contributed by atoms with E-state index in [9.17, 15) is 19.7 Å². The molecule has 2 amide bonds. The van der Waals surface area contributed by atoms with E-state index < -0.39 is 4.92 Å². The van der Waals surface area contributed by atoms with Crippen LogP contribution in [0.2, 0.25) is 5.02 Å². The van der Waals surface area contributed by atoms with Crippen LogP contribution >= 0.6 is 23.4 Å². The Morgan fingerprint density at radius 2 is 1.69 bits per heavy atom. The predicted molar refractivity (Wildman–Crippen MR) is 133 cm³/mol. The number of carbonyl (C=O) groups excluding carboxylic acids is 2. The van der Waals surface area contributed by atoms with Gasteiger partial charge in [0.05, 0.1) is 23.5 Å². The highest BCUT2D eigenvalue weighted by Crippen LogP contribution is 2.35. The highest BCUT2D eigenvalue weighted by molar-refractivity contribution is 8.18. The molecule has 0 aromatic heterocycles. The number of rotatable bonds is 8. The quantitative estimate of drug-likeness (QED) is 0.206. The van der Waals surface area contributed by atoms with E-state index in [1.54, 1.807) is 60.7 Å². The van der Waals surface area contributed by atoms with Crippen molar-refractivity contribution in [1.29, 1.82) is 0 Å². The van der Waals surface area contributed by atoms with Crippen LogP contribution in [-0.2, 0) is 17.9 Å².